The highest BCUT2D eigenvalue weighted by Gasteiger charge is 2.39. The molecular formula is C16H12F3N3O5. The van der Waals surface area contributed by atoms with E-state index in [1.807, 2.05) is 0 Å². The number of alkyl halides is 3. The van der Waals surface area contributed by atoms with E-state index in [1.54, 1.807) is 6.07 Å². The number of nitrogens with one attached hydrogen (secondary N) is 1. The van der Waals surface area contributed by atoms with Crippen molar-refractivity contribution in [3.63, 3.8) is 0 Å². The lowest BCUT2D eigenvalue weighted by Gasteiger charge is -2.29. The Morgan fingerprint density at radius 3 is 2.37 bits per heavy atom. The van der Waals surface area contributed by atoms with Crippen molar-refractivity contribution in [3.05, 3.63) is 41.9 Å². The minimum atomic E-state index is -4.75. The standard InChI is InChI=1S/C16H12F3N3O5/c1-15(2)26-12(23)10(13(24)27-15)7-20-9-5-3-4-8(6-9)11-21-22-14(25-11)16(17,18)19/h3-7,20H,1-2H3. The lowest BCUT2D eigenvalue weighted by atomic mass is 10.2. The second-order valence-electron chi connectivity index (χ2n) is 5.87. The number of ether oxygens (including phenoxy) is 2. The van der Waals surface area contributed by atoms with Gasteiger partial charge in [-0.3, -0.25) is 0 Å². The predicted molar refractivity (Wildman–Crippen MR) is 82.7 cm³/mol. The highest BCUT2D eigenvalue weighted by molar-refractivity contribution is 6.15. The first-order valence-electron chi connectivity index (χ1n) is 7.50. The zero-order valence-electron chi connectivity index (χ0n) is 14.0. The molecule has 1 saturated heterocycles. The molecule has 1 N–H and O–H groups in total. The average Bonchev–Trinajstić information content (AvgIpc) is 3.03. The number of carbonyl (C=O) groups is 2. The largest absolute Gasteiger partial charge is 0.470 e. The first-order valence-corrected chi connectivity index (χ1v) is 7.50. The number of halogens is 3. The van der Waals surface area contributed by atoms with Crippen LogP contribution in [0, 0.1) is 0 Å². The summed E-state index contributed by atoms with van der Waals surface area (Å²) in [6.45, 7) is 2.83. The van der Waals surface area contributed by atoms with Crippen LogP contribution in [-0.2, 0) is 25.2 Å². The van der Waals surface area contributed by atoms with Crippen LogP contribution in [0.5, 0.6) is 0 Å². The van der Waals surface area contributed by atoms with Gasteiger partial charge in [-0.15, -0.1) is 10.2 Å². The van der Waals surface area contributed by atoms with Gasteiger partial charge in [-0.05, 0) is 18.2 Å². The maximum absolute atomic E-state index is 12.5. The van der Waals surface area contributed by atoms with Gasteiger partial charge < -0.3 is 19.2 Å². The van der Waals surface area contributed by atoms with E-state index >= 15 is 0 Å². The normalized spacial score (nSPS) is 16.6. The lowest BCUT2D eigenvalue weighted by Crippen LogP contribution is -2.42. The highest BCUT2D eigenvalue weighted by atomic mass is 19.4. The van der Waals surface area contributed by atoms with Gasteiger partial charge in [0.1, 0.15) is 0 Å². The molecule has 3 rings (SSSR count). The summed E-state index contributed by atoms with van der Waals surface area (Å²) in [5, 5.41) is 8.98. The fourth-order valence-corrected chi connectivity index (χ4v) is 2.13. The molecule has 1 fully saturated rings. The van der Waals surface area contributed by atoms with Gasteiger partial charge in [0.05, 0.1) is 0 Å². The van der Waals surface area contributed by atoms with Crippen molar-refractivity contribution in [2.45, 2.75) is 25.8 Å². The molecule has 27 heavy (non-hydrogen) atoms. The van der Waals surface area contributed by atoms with Crippen molar-refractivity contribution in [3.8, 4) is 11.5 Å². The zero-order chi connectivity index (χ0) is 19.8. The summed E-state index contributed by atoms with van der Waals surface area (Å²) in [4.78, 5) is 23.7. The highest BCUT2D eigenvalue weighted by Crippen LogP contribution is 2.31. The minimum Gasteiger partial charge on any atom is -0.419 e. The molecule has 142 valence electrons. The Labute approximate surface area is 150 Å². The van der Waals surface area contributed by atoms with Crippen molar-refractivity contribution < 1.29 is 36.7 Å². The molecule has 2 aromatic rings. The Morgan fingerprint density at radius 1 is 1.11 bits per heavy atom. The molecule has 1 aliphatic heterocycles. The molecule has 0 unspecified atom stereocenters. The second kappa shape index (κ2) is 6.41. The molecule has 8 nitrogen and oxygen atoms in total. The van der Waals surface area contributed by atoms with Crippen LogP contribution in [0.1, 0.15) is 19.7 Å². The number of benzene rings is 1. The Balaban J connectivity index is 1.80. The quantitative estimate of drug-likeness (QED) is 0.490. The third-order valence-corrected chi connectivity index (χ3v) is 3.28. The Hall–Kier alpha value is -3.37. The molecule has 1 aromatic carbocycles. The monoisotopic (exact) mass is 383 g/mol. The number of hydrogen-bond acceptors (Lipinski definition) is 8. The minimum absolute atomic E-state index is 0.205. The van der Waals surface area contributed by atoms with Gasteiger partial charge in [0.2, 0.25) is 5.89 Å². The zero-order valence-corrected chi connectivity index (χ0v) is 14.0. The molecule has 0 atom stereocenters. The number of cyclic esters (lactones) is 2. The van der Waals surface area contributed by atoms with Gasteiger partial charge in [-0.25, -0.2) is 9.59 Å². The number of anilines is 1. The predicted octanol–water partition coefficient (Wildman–Crippen LogP) is 2.89. The van der Waals surface area contributed by atoms with Crippen LogP contribution in [0.4, 0.5) is 18.9 Å². The lowest BCUT2D eigenvalue weighted by molar-refractivity contribution is -0.222. The number of hydrogen-bond donors (Lipinski definition) is 1. The maximum atomic E-state index is 12.5. The van der Waals surface area contributed by atoms with Gasteiger partial charge in [0, 0.05) is 31.3 Å². The van der Waals surface area contributed by atoms with E-state index in [-0.39, 0.29) is 17.0 Å². The van der Waals surface area contributed by atoms with Gasteiger partial charge in [0.15, 0.2) is 5.57 Å². The smallest absolute Gasteiger partial charge is 0.419 e. The second-order valence-corrected chi connectivity index (χ2v) is 5.87. The van der Waals surface area contributed by atoms with Gasteiger partial charge in [-0.2, -0.15) is 13.2 Å². The fraction of sp³-hybridized carbons (Fsp3) is 0.250. The molecular weight excluding hydrogens is 371 g/mol. The molecule has 0 spiro atoms. The topological polar surface area (TPSA) is 104 Å². The Kier molecular flexibility index (Phi) is 4.38. The molecule has 0 aliphatic carbocycles. The van der Waals surface area contributed by atoms with Crippen LogP contribution in [-0.4, -0.2) is 27.9 Å². The van der Waals surface area contributed by atoms with E-state index in [0.29, 0.717) is 5.69 Å². The summed E-state index contributed by atoms with van der Waals surface area (Å²) in [6.07, 6.45) is -3.67. The van der Waals surface area contributed by atoms with E-state index in [9.17, 15) is 22.8 Å². The van der Waals surface area contributed by atoms with Crippen LogP contribution < -0.4 is 5.32 Å². The first-order chi connectivity index (χ1) is 12.5. The van der Waals surface area contributed by atoms with Crippen molar-refractivity contribution in [1.29, 1.82) is 0 Å². The van der Waals surface area contributed by atoms with Crippen LogP contribution in [0.2, 0.25) is 0 Å². The van der Waals surface area contributed by atoms with E-state index in [0.717, 1.165) is 6.20 Å². The molecule has 2 heterocycles. The number of carbonyl (C=O) groups excluding carboxylic acids is 2. The summed E-state index contributed by atoms with van der Waals surface area (Å²) in [6, 6.07) is 5.91. The van der Waals surface area contributed by atoms with E-state index < -0.39 is 29.8 Å². The number of aromatic nitrogens is 2. The van der Waals surface area contributed by atoms with Gasteiger partial charge >= 0.3 is 24.0 Å². The number of rotatable bonds is 3. The average molecular weight is 383 g/mol. The van der Waals surface area contributed by atoms with E-state index in [1.165, 1.54) is 32.0 Å². The molecule has 1 aromatic heterocycles. The van der Waals surface area contributed by atoms with Crippen LogP contribution in [0.3, 0.4) is 0 Å². The van der Waals surface area contributed by atoms with Crippen LogP contribution >= 0.6 is 0 Å². The third-order valence-electron chi connectivity index (χ3n) is 3.28. The molecule has 0 saturated carbocycles. The first kappa shape index (κ1) is 18.4. The molecule has 1 aliphatic rings. The molecule has 11 heteroatoms. The summed E-state index contributed by atoms with van der Waals surface area (Å²) < 4.78 is 52.1. The van der Waals surface area contributed by atoms with Crippen molar-refractivity contribution in [2.24, 2.45) is 0 Å². The molecule has 0 bridgehead atoms. The Bertz CT molecular complexity index is 911. The molecule has 0 amide bonds. The van der Waals surface area contributed by atoms with Crippen molar-refractivity contribution in [2.75, 3.05) is 5.32 Å². The van der Waals surface area contributed by atoms with Gasteiger partial charge in [-0.1, -0.05) is 6.07 Å². The number of esters is 2. The summed E-state index contributed by atoms with van der Waals surface area (Å²) >= 11 is 0. The Morgan fingerprint density at radius 2 is 1.78 bits per heavy atom. The summed E-state index contributed by atoms with van der Waals surface area (Å²) in [5.74, 6) is -4.90. The van der Waals surface area contributed by atoms with E-state index in [4.69, 9.17) is 9.47 Å². The van der Waals surface area contributed by atoms with Crippen molar-refractivity contribution >= 4 is 17.6 Å². The summed E-state index contributed by atoms with van der Waals surface area (Å²) in [7, 11) is 0. The SMILES string of the molecule is CC1(C)OC(=O)C(=CNc2cccc(-c3nnc(C(F)(F)F)o3)c2)C(=O)O1. The van der Waals surface area contributed by atoms with Crippen LogP contribution in [0.15, 0.2) is 40.5 Å². The maximum Gasteiger partial charge on any atom is 0.470 e. The molecule has 0 radical (unpaired) electrons. The third kappa shape index (κ3) is 4.07. The fourth-order valence-electron chi connectivity index (χ4n) is 2.13. The van der Waals surface area contributed by atoms with E-state index in [2.05, 4.69) is 19.9 Å². The summed E-state index contributed by atoms with van der Waals surface area (Å²) in [5.41, 5.74) is 0.186. The van der Waals surface area contributed by atoms with Gasteiger partial charge in [0.25, 0.3) is 5.79 Å². The van der Waals surface area contributed by atoms with Crippen molar-refractivity contribution in [1.82, 2.24) is 10.2 Å². The van der Waals surface area contributed by atoms with Crippen LogP contribution in [0.25, 0.3) is 11.5 Å². The number of nitrogens with zero attached hydrogens (tertiary/aromatic N) is 2.